The maximum Gasteiger partial charge on any atom is 0.167 e. The second kappa shape index (κ2) is 10.9. The minimum absolute atomic E-state index is 0.447. The molecule has 212 valence electrons. The fourth-order valence-electron chi connectivity index (χ4n) is 5.56. The van der Waals surface area contributed by atoms with Gasteiger partial charge in [0.1, 0.15) is 11.3 Å². The molecule has 0 radical (unpaired) electrons. The molecule has 5 heterocycles. The number of imidazole rings is 1. The van der Waals surface area contributed by atoms with Gasteiger partial charge in [0.05, 0.1) is 11.1 Å². The van der Waals surface area contributed by atoms with E-state index in [9.17, 15) is 4.79 Å². The molecule has 8 rings (SSSR count). The zero-order chi connectivity index (χ0) is 29.3. The van der Waals surface area contributed by atoms with Crippen LogP contribution >= 0.6 is 0 Å². The van der Waals surface area contributed by atoms with Crippen molar-refractivity contribution in [2.24, 2.45) is 0 Å². The monoisotopic (exact) mass is 568 g/mol. The highest BCUT2D eigenvalue weighted by molar-refractivity contribution is 6.00. The highest BCUT2D eigenvalue weighted by atomic mass is 16.1. The van der Waals surface area contributed by atoms with Crippen molar-refractivity contribution >= 4 is 40.0 Å². The van der Waals surface area contributed by atoms with Gasteiger partial charge in [-0.15, -0.1) is 0 Å². The van der Waals surface area contributed by atoms with E-state index in [1.54, 1.807) is 30.2 Å². The maximum atomic E-state index is 10.6. The molecule has 11 nitrogen and oxygen atoms in total. The number of anilines is 2. The Labute approximate surface area is 246 Å². The number of hydrogen-bond donors (Lipinski definition) is 3. The normalized spacial score (nSPS) is 12.2. The van der Waals surface area contributed by atoms with Crippen LogP contribution in [0.15, 0.2) is 85.3 Å². The summed E-state index contributed by atoms with van der Waals surface area (Å²) in [7, 11) is 1.79. The smallest absolute Gasteiger partial charge is 0.167 e. The molecule has 4 N–H and O–H groups in total. The zero-order valence-corrected chi connectivity index (χ0v) is 23.4. The van der Waals surface area contributed by atoms with Crippen molar-refractivity contribution in [3.05, 3.63) is 102 Å². The second-order valence-electron chi connectivity index (χ2n) is 10.2. The number of carbonyl (C=O) groups is 1. The summed E-state index contributed by atoms with van der Waals surface area (Å²) in [6.45, 7) is 0. The molecule has 0 atom stereocenters. The average Bonchev–Trinajstić information content (AvgIpc) is 3.86. The van der Waals surface area contributed by atoms with Gasteiger partial charge < -0.3 is 11.1 Å². The van der Waals surface area contributed by atoms with Crippen molar-refractivity contribution in [2.75, 3.05) is 18.1 Å². The number of aryl methyl sites for hydroxylation is 2. The van der Waals surface area contributed by atoms with Gasteiger partial charge in [-0.1, -0.05) is 12.1 Å². The van der Waals surface area contributed by atoms with Crippen molar-refractivity contribution in [3.8, 4) is 22.9 Å². The molecule has 0 bridgehead atoms. The molecule has 1 aliphatic carbocycles. The number of fused-ring (bicyclic) bond motifs is 3. The lowest BCUT2D eigenvalue weighted by Gasteiger charge is -2.12. The Morgan fingerprint density at radius 1 is 0.977 bits per heavy atom. The third kappa shape index (κ3) is 4.66. The summed E-state index contributed by atoms with van der Waals surface area (Å²) in [5, 5.41) is 15.0. The van der Waals surface area contributed by atoms with Gasteiger partial charge in [0.25, 0.3) is 0 Å². The quantitative estimate of drug-likeness (QED) is 0.242. The number of nitrogens with two attached hydrogens (primary N) is 1. The van der Waals surface area contributed by atoms with Crippen molar-refractivity contribution in [3.63, 3.8) is 0 Å². The number of nitrogens with one attached hydrogen (secondary N) is 2. The molecule has 0 saturated heterocycles. The molecule has 0 spiro atoms. The Kier molecular flexibility index (Phi) is 6.59. The van der Waals surface area contributed by atoms with Crippen LogP contribution in [0, 0.1) is 0 Å². The molecule has 7 aromatic rings. The number of benzene rings is 2. The Balaban J connectivity index is 0.000000193. The number of aromatic amines is 1. The first kappa shape index (κ1) is 26.1. The maximum absolute atomic E-state index is 10.6. The first-order valence-electron chi connectivity index (χ1n) is 14.0. The van der Waals surface area contributed by atoms with Gasteiger partial charge in [-0.3, -0.25) is 14.5 Å². The van der Waals surface area contributed by atoms with E-state index in [4.69, 9.17) is 15.7 Å². The molecule has 1 aliphatic rings. The summed E-state index contributed by atoms with van der Waals surface area (Å²) in [5.41, 5.74) is 13.8. The van der Waals surface area contributed by atoms with E-state index in [0.29, 0.717) is 11.4 Å². The molecule has 0 saturated carbocycles. The van der Waals surface area contributed by atoms with E-state index >= 15 is 0 Å². The Hall–Kier alpha value is -5.84. The van der Waals surface area contributed by atoms with Crippen molar-refractivity contribution < 1.29 is 4.79 Å². The molecule has 0 aliphatic heterocycles. The number of hydrogen-bond acceptors (Lipinski definition) is 8. The average molecular weight is 569 g/mol. The molecule has 0 unspecified atom stereocenters. The molecule has 0 fully saturated rings. The van der Waals surface area contributed by atoms with E-state index in [2.05, 4.69) is 48.4 Å². The van der Waals surface area contributed by atoms with Gasteiger partial charge in [-0.25, -0.2) is 19.6 Å². The van der Waals surface area contributed by atoms with E-state index in [0.717, 1.165) is 69.9 Å². The Bertz CT molecular complexity index is 2090. The number of H-pyrrole nitrogens is 1. The lowest BCUT2D eigenvalue weighted by Crippen LogP contribution is -2.04. The first-order valence-corrected chi connectivity index (χ1v) is 14.0. The van der Waals surface area contributed by atoms with Crippen LogP contribution in [0.3, 0.4) is 0 Å². The topological polar surface area (TPSA) is 145 Å². The molecular weight excluding hydrogens is 540 g/mol. The predicted octanol–water partition coefficient (Wildman–Crippen LogP) is 5.16. The second-order valence-corrected chi connectivity index (χ2v) is 10.2. The van der Waals surface area contributed by atoms with Crippen molar-refractivity contribution in [1.29, 1.82) is 0 Å². The Morgan fingerprint density at radius 3 is 2.70 bits per heavy atom. The van der Waals surface area contributed by atoms with Crippen LogP contribution in [-0.2, 0) is 12.8 Å². The third-order valence-corrected chi connectivity index (χ3v) is 7.64. The summed E-state index contributed by atoms with van der Waals surface area (Å²) in [5.74, 6) is 2.68. The van der Waals surface area contributed by atoms with Gasteiger partial charge in [0.15, 0.2) is 29.4 Å². The lowest BCUT2D eigenvalue weighted by atomic mass is 10.1. The van der Waals surface area contributed by atoms with Gasteiger partial charge in [-0.2, -0.15) is 10.2 Å². The number of carbonyl (C=O) groups excluding carboxylic acids is 1. The number of para-hydroxylation sites is 1. The van der Waals surface area contributed by atoms with Crippen molar-refractivity contribution in [2.45, 2.75) is 19.3 Å². The van der Waals surface area contributed by atoms with Gasteiger partial charge in [0, 0.05) is 42.3 Å². The van der Waals surface area contributed by atoms with Gasteiger partial charge >= 0.3 is 0 Å². The standard InChI is InChI=1S/C23H19N7.C9H9N3O/c24-21-18(6-2-11-25-21)22-27-19-9-10-20(29-13-3-12-26-29)28-23(19)30(22)17-8-7-15-4-1-5-16(15)14-17;1-10-9-7-4-2-3-6(5-13)8(7)11-12-9/h2-3,6-14H,1,4-5H2,(H2,24,25);2-5H,1H3,(H2,10,11,12). The SMILES string of the molecule is CNc1n[nH]c2c(C=O)cccc12.Nc1ncccc1-c1nc2ccc(-n3cccn3)nc2n1-c1ccc2c(c1)CCC2. The lowest BCUT2D eigenvalue weighted by molar-refractivity contribution is 0.112. The minimum Gasteiger partial charge on any atom is -0.383 e. The van der Waals surface area contributed by atoms with Crippen LogP contribution in [0.2, 0.25) is 0 Å². The van der Waals surface area contributed by atoms with Crippen LogP contribution < -0.4 is 11.1 Å². The van der Waals surface area contributed by atoms with E-state index in [-0.39, 0.29) is 0 Å². The predicted molar refractivity (Wildman–Crippen MR) is 167 cm³/mol. The van der Waals surface area contributed by atoms with Crippen LogP contribution in [0.1, 0.15) is 27.9 Å². The summed E-state index contributed by atoms with van der Waals surface area (Å²) in [6, 6.07) is 21.7. The number of nitrogen functional groups attached to an aromatic ring is 1. The fourth-order valence-corrected chi connectivity index (χ4v) is 5.56. The number of nitrogens with zero attached hydrogens (tertiary/aromatic N) is 7. The fraction of sp³-hybridized carbons (Fsp3) is 0.125. The molecular formula is C32H28N10O. The van der Waals surface area contributed by atoms with E-state index in [1.807, 2.05) is 48.7 Å². The zero-order valence-electron chi connectivity index (χ0n) is 23.4. The number of aromatic nitrogens is 8. The van der Waals surface area contributed by atoms with E-state index < -0.39 is 0 Å². The molecule has 11 heteroatoms. The van der Waals surface area contributed by atoms with Crippen LogP contribution in [0.25, 0.3) is 45.0 Å². The highest BCUT2D eigenvalue weighted by Crippen LogP contribution is 2.33. The number of pyridine rings is 2. The van der Waals surface area contributed by atoms with Crippen LogP contribution in [0.5, 0.6) is 0 Å². The summed E-state index contributed by atoms with van der Waals surface area (Å²) in [6.07, 6.45) is 9.58. The Morgan fingerprint density at radius 2 is 1.88 bits per heavy atom. The van der Waals surface area contributed by atoms with Crippen LogP contribution in [-0.4, -0.2) is 52.8 Å². The summed E-state index contributed by atoms with van der Waals surface area (Å²) in [4.78, 5) is 24.7. The molecule has 2 aromatic carbocycles. The molecule has 43 heavy (non-hydrogen) atoms. The van der Waals surface area contributed by atoms with Gasteiger partial charge in [-0.05, 0) is 85.0 Å². The summed E-state index contributed by atoms with van der Waals surface area (Å²) >= 11 is 0. The molecule has 0 amide bonds. The summed E-state index contributed by atoms with van der Waals surface area (Å²) < 4.78 is 3.83. The van der Waals surface area contributed by atoms with E-state index in [1.165, 1.54) is 17.5 Å². The van der Waals surface area contributed by atoms with Crippen LogP contribution in [0.4, 0.5) is 11.6 Å². The van der Waals surface area contributed by atoms with Crippen molar-refractivity contribution in [1.82, 2.24) is 39.5 Å². The van der Waals surface area contributed by atoms with Gasteiger partial charge in [0.2, 0.25) is 0 Å². The molecule has 5 aromatic heterocycles. The first-order chi connectivity index (χ1) is 21.1. The minimum atomic E-state index is 0.447. The number of rotatable bonds is 5. The number of aldehydes is 1. The highest BCUT2D eigenvalue weighted by Gasteiger charge is 2.20. The largest absolute Gasteiger partial charge is 0.383 e. The third-order valence-electron chi connectivity index (χ3n) is 7.64.